The second kappa shape index (κ2) is 5.54. The molecule has 0 saturated carbocycles. The van der Waals surface area contributed by atoms with Gasteiger partial charge in [-0.25, -0.2) is 4.98 Å². The summed E-state index contributed by atoms with van der Waals surface area (Å²) in [5.41, 5.74) is 1.80. The van der Waals surface area contributed by atoms with Gasteiger partial charge in [-0.2, -0.15) is 9.78 Å². The van der Waals surface area contributed by atoms with Crippen LogP contribution in [0, 0.1) is 0 Å². The number of thiazole rings is 1. The fourth-order valence-corrected chi connectivity index (χ4v) is 3.72. The lowest BCUT2D eigenvalue weighted by Crippen LogP contribution is -2.13. The zero-order valence-electron chi connectivity index (χ0n) is 11.6. The van der Waals surface area contributed by atoms with Crippen molar-refractivity contribution in [3.05, 3.63) is 40.8 Å². The van der Waals surface area contributed by atoms with Crippen LogP contribution in [0.15, 0.2) is 46.1 Å². The first-order valence-corrected chi connectivity index (χ1v) is 8.42. The predicted molar refractivity (Wildman–Crippen MR) is 86.8 cm³/mol. The highest BCUT2D eigenvalue weighted by atomic mass is 32.2. The summed E-state index contributed by atoms with van der Waals surface area (Å²) in [4.78, 5) is 4.33. The number of hydrogen-bond acceptors (Lipinski definition) is 7. The van der Waals surface area contributed by atoms with E-state index >= 15 is 0 Å². The molecule has 0 unspecified atom stereocenters. The summed E-state index contributed by atoms with van der Waals surface area (Å²) in [5.74, 6) is 2.17. The molecule has 22 heavy (non-hydrogen) atoms. The number of para-hydroxylation sites is 1. The number of hydrogen-bond donors (Lipinski definition) is 0. The molecule has 2 aromatic heterocycles. The Balaban J connectivity index is 1.84. The number of fused-ring (bicyclic) bond motifs is 1. The third kappa shape index (κ3) is 2.20. The Hall–Kier alpha value is -2.19. The zero-order chi connectivity index (χ0) is 14.9. The fraction of sp³-hybridized carbons (Fsp3) is 0.143. The summed E-state index contributed by atoms with van der Waals surface area (Å²) in [6.45, 7) is 0. The fourth-order valence-electron chi connectivity index (χ4n) is 2.20. The first kappa shape index (κ1) is 13.5. The Bertz CT molecular complexity index is 841. The summed E-state index contributed by atoms with van der Waals surface area (Å²) in [6.07, 6.45) is 1.79. The molecular weight excluding hydrogens is 318 g/mol. The summed E-state index contributed by atoms with van der Waals surface area (Å²) in [6, 6.07) is 7.72. The minimum atomic E-state index is 0.675. The summed E-state index contributed by atoms with van der Waals surface area (Å²) >= 11 is 3.19. The second-order valence-corrected chi connectivity index (χ2v) is 6.33. The lowest BCUT2D eigenvalue weighted by atomic mass is 10.2. The topological polar surface area (TPSA) is 65.2 Å². The SMILES string of the molecule is COc1ccccc1-c1nnc2n1N=C(c1nccs1)CS2. The molecule has 8 heteroatoms. The van der Waals surface area contributed by atoms with Crippen molar-refractivity contribution in [2.75, 3.05) is 12.9 Å². The van der Waals surface area contributed by atoms with Gasteiger partial charge in [-0.3, -0.25) is 0 Å². The van der Waals surface area contributed by atoms with Gasteiger partial charge in [-0.1, -0.05) is 23.9 Å². The smallest absolute Gasteiger partial charge is 0.212 e. The van der Waals surface area contributed by atoms with E-state index in [1.807, 2.05) is 29.6 Å². The van der Waals surface area contributed by atoms with Gasteiger partial charge in [0.25, 0.3) is 0 Å². The monoisotopic (exact) mass is 329 g/mol. The molecule has 3 heterocycles. The Labute approximate surface area is 134 Å². The van der Waals surface area contributed by atoms with E-state index in [2.05, 4.69) is 20.3 Å². The van der Waals surface area contributed by atoms with Gasteiger partial charge in [-0.05, 0) is 12.1 Å². The third-order valence-electron chi connectivity index (χ3n) is 3.20. The number of methoxy groups -OCH3 is 1. The van der Waals surface area contributed by atoms with Gasteiger partial charge >= 0.3 is 0 Å². The van der Waals surface area contributed by atoms with Gasteiger partial charge in [0.05, 0.1) is 12.7 Å². The molecule has 1 aliphatic heterocycles. The highest BCUT2D eigenvalue weighted by molar-refractivity contribution is 7.99. The van der Waals surface area contributed by atoms with E-state index in [4.69, 9.17) is 4.74 Å². The molecule has 0 amide bonds. The van der Waals surface area contributed by atoms with Crippen molar-refractivity contribution in [1.82, 2.24) is 19.9 Å². The number of aromatic nitrogens is 4. The van der Waals surface area contributed by atoms with E-state index < -0.39 is 0 Å². The molecule has 6 nitrogen and oxygen atoms in total. The van der Waals surface area contributed by atoms with Crippen LogP contribution in [0.25, 0.3) is 11.4 Å². The van der Waals surface area contributed by atoms with Crippen LogP contribution in [0.4, 0.5) is 0 Å². The van der Waals surface area contributed by atoms with E-state index in [0.717, 1.165) is 32.9 Å². The largest absolute Gasteiger partial charge is 0.496 e. The summed E-state index contributed by atoms with van der Waals surface area (Å²) in [7, 11) is 1.64. The highest BCUT2D eigenvalue weighted by Crippen LogP contribution is 2.33. The van der Waals surface area contributed by atoms with Crippen molar-refractivity contribution >= 4 is 28.8 Å². The van der Waals surface area contributed by atoms with E-state index in [1.165, 1.54) is 0 Å². The van der Waals surface area contributed by atoms with E-state index in [0.29, 0.717) is 5.82 Å². The molecule has 0 N–H and O–H groups in total. The third-order valence-corrected chi connectivity index (χ3v) is 4.95. The number of thioether (sulfide) groups is 1. The zero-order valence-corrected chi connectivity index (χ0v) is 13.3. The lowest BCUT2D eigenvalue weighted by Gasteiger charge is -2.13. The van der Waals surface area contributed by atoms with E-state index in [1.54, 1.807) is 41.1 Å². The van der Waals surface area contributed by atoms with Gasteiger partial charge in [-0.15, -0.1) is 21.5 Å². The summed E-state index contributed by atoms with van der Waals surface area (Å²) < 4.78 is 7.18. The molecule has 1 aromatic carbocycles. The van der Waals surface area contributed by atoms with Crippen molar-refractivity contribution in [2.24, 2.45) is 5.10 Å². The van der Waals surface area contributed by atoms with Crippen LogP contribution in [0.2, 0.25) is 0 Å². The van der Waals surface area contributed by atoms with Gasteiger partial charge in [0, 0.05) is 17.3 Å². The number of rotatable bonds is 3. The van der Waals surface area contributed by atoms with Crippen LogP contribution in [-0.2, 0) is 0 Å². The second-order valence-electron chi connectivity index (χ2n) is 4.49. The standard InChI is InChI=1S/C14H11N5OS2/c1-20-11-5-3-2-4-9(11)12-16-17-14-19(12)18-10(8-22-14)13-15-6-7-21-13/h2-7H,8H2,1H3. The van der Waals surface area contributed by atoms with Crippen molar-refractivity contribution in [3.63, 3.8) is 0 Å². The van der Waals surface area contributed by atoms with Crippen molar-refractivity contribution < 1.29 is 4.74 Å². The molecule has 110 valence electrons. The van der Waals surface area contributed by atoms with Gasteiger partial charge < -0.3 is 4.74 Å². The Morgan fingerprint density at radius 1 is 1.23 bits per heavy atom. The van der Waals surface area contributed by atoms with Gasteiger partial charge in [0.2, 0.25) is 5.16 Å². The maximum Gasteiger partial charge on any atom is 0.212 e. The van der Waals surface area contributed by atoms with Crippen LogP contribution in [0.5, 0.6) is 5.75 Å². The number of ether oxygens (including phenoxy) is 1. The normalized spacial score (nSPS) is 13.6. The van der Waals surface area contributed by atoms with Crippen LogP contribution in [0.3, 0.4) is 0 Å². The first-order valence-electron chi connectivity index (χ1n) is 6.56. The van der Waals surface area contributed by atoms with Crippen LogP contribution in [0.1, 0.15) is 5.01 Å². The molecule has 4 rings (SSSR count). The molecule has 0 atom stereocenters. The molecule has 3 aromatic rings. The molecule has 0 aliphatic carbocycles. The van der Waals surface area contributed by atoms with Crippen molar-refractivity contribution in [1.29, 1.82) is 0 Å². The first-order chi connectivity index (χ1) is 10.9. The van der Waals surface area contributed by atoms with Crippen LogP contribution >= 0.6 is 23.1 Å². The maximum atomic E-state index is 5.41. The van der Waals surface area contributed by atoms with Crippen LogP contribution in [-0.4, -0.2) is 38.4 Å². The Kier molecular flexibility index (Phi) is 3.39. The van der Waals surface area contributed by atoms with Crippen molar-refractivity contribution in [2.45, 2.75) is 5.16 Å². The Morgan fingerprint density at radius 3 is 2.95 bits per heavy atom. The number of nitrogens with zero attached hydrogens (tertiary/aromatic N) is 5. The van der Waals surface area contributed by atoms with Crippen LogP contribution < -0.4 is 4.74 Å². The average Bonchev–Trinajstić information content (AvgIpc) is 3.23. The summed E-state index contributed by atoms with van der Waals surface area (Å²) in [5, 5.41) is 16.8. The molecule has 0 spiro atoms. The highest BCUT2D eigenvalue weighted by Gasteiger charge is 2.23. The molecule has 0 saturated heterocycles. The van der Waals surface area contributed by atoms with E-state index in [-0.39, 0.29) is 0 Å². The minimum Gasteiger partial charge on any atom is -0.496 e. The average molecular weight is 329 g/mol. The lowest BCUT2D eigenvalue weighted by molar-refractivity contribution is 0.416. The van der Waals surface area contributed by atoms with Crippen molar-refractivity contribution in [3.8, 4) is 17.1 Å². The molecule has 0 bridgehead atoms. The maximum absolute atomic E-state index is 5.41. The number of benzene rings is 1. The molecule has 1 aliphatic rings. The molecular formula is C14H11N5OS2. The van der Waals surface area contributed by atoms with Gasteiger partial charge in [0.15, 0.2) is 5.82 Å². The van der Waals surface area contributed by atoms with E-state index in [9.17, 15) is 0 Å². The minimum absolute atomic E-state index is 0.675. The Morgan fingerprint density at radius 2 is 2.14 bits per heavy atom. The molecule has 0 fully saturated rings. The predicted octanol–water partition coefficient (Wildman–Crippen LogP) is 2.77. The molecule has 0 radical (unpaired) electrons. The quantitative estimate of drug-likeness (QED) is 0.739. The van der Waals surface area contributed by atoms with Gasteiger partial charge in [0.1, 0.15) is 16.5 Å².